The molecule has 224 valence electrons. The van der Waals surface area contributed by atoms with E-state index in [1.807, 2.05) is 0 Å². The van der Waals surface area contributed by atoms with E-state index in [0.717, 1.165) is 77.0 Å². The van der Waals surface area contributed by atoms with Gasteiger partial charge in [0.2, 0.25) is 5.91 Å². The molecule has 7 heteroatoms. The molecule has 39 heavy (non-hydrogen) atoms. The quantitative estimate of drug-likeness (QED) is 0.0596. The summed E-state index contributed by atoms with van der Waals surface area (Å²) in [6.07, 6.45) is 34.9. The van der Waals surface area contributed by atoms with Gasteiger partial charge in [0.1, 0.15) is 0 Å². The van der Waals surface area contributed by atoms with Crippen LogP contribution in [0.5, 0.6) is 0 Å². The highest BCUT2D eigenvalue weighted by molar-refractivity contribution is 7.85. The van der Waals surface area contributed by atoms with Crippen molar-refractivity contribution in [3.63, 3.8) is 0 Å². The fourth-order valence-electron chi connectivity index (χ4n) is 3.88. The third-order valence-corrected chi connectivity index (χ3v) is 6.89. The summed E-state index contributed by atoms with van der Waals surface area (Å²) < 4.78 is 32.1. The van der Waals surface area contributed by atoms with Gasteiger partial charge in [-0.05, 0) is 64.2 Å². The van der Waals surface area contributed by atoms with E-state index >= 15 is 0 Å². The van der Waals surface area contributed by atoms with Crippen molar-refractivity contribution in [2.45, 2.75) is 129 Å². The van der Waals surface area contributed by atoms with Crippen molar-refractivity contribution < 1.29 is 22.9 Å². The smallest absolute Gasteiger partial charge is 0.267 e. The Morgan fingerprint density at radius 2 is 1.18 bits per heavy atom. The Bertz CT molecular complexity index is 843. The zero-order valence-corrected chi connectivity index (χ0v) is 25.3. The molecule has 3 N–H and O–H groups in total. The Labute approximate surface area is 239 Å². The molecule has 0 aromatic heterocycles. The van der Waals surface area contributed by atoms with Crippen LogP contribution in [0.3, 0.4) is 0 Å². The van der Waals surface area contributed by atoms with Crippen molar-refractivity contribution in [2.75, 3.05) is 5.75 Å². The Balaban J connectivity index is 4.22. The van der Waals surface area contributed by atoms with Crippen LogP contribution in [-0.4, -0.2) is 41.9 Å². The minimum Gasteiger partial charge on any atom is -0.387 e. The van der Waals surface area contributed by atoms with E-state index in [-0.39, 0.29) is 12.3 Å². The molecule has 0 radical (unpaired) electrons. The average Bonchev–Trinajstić information content (AvgIpc) is 2.88. The average molecular weight is 566 g/mol. The van der Waals surface area contributed by atoms with E-state index in [2.05, 4.69) is 67.8 Å². The van der Waals surface area contributed by atoms with Crippen molar-refractivity contribution in [1.29, 1.82) is 0 Å². The first kappa shape index (κ1) is 37.0. The molecule has 0 aliphatic carbocycles. The maximum absolute atomic E-state index is 12.4. The number of amides is 1. The Morgan fingerprint density at radius 1 is 0.692 bits per heavy atom. The van der Waals surface area contributed by atoms with E-state index in [4.69, 9.17) is 0 Å². The number of aliphatic hydroxyl groups excluding tert-OH is 1. The van der Waals surface area contributed by atoms with Crippen molar-refractivity contribution in [2.24, 2.45) is 0 Å². The van der Waals surface area contributed by atoms with Gasteiger partial charge >= 0.3 is 0 Å². The van der Waals surface area contributed by atoms with Gasteiger partial charge in [-0.1, -0.05) is 107 Å². The Kier molecular flexibility index (Phi) is 25.0. The summed E-state index contributed by atoms with van der Waals surface area (Å²) >= 11 is 0. The number of nitrogens with one attached hydrogen (secondary N) is 1. The lowest BCUT2D eigenvalue weighted by Crippen LogP contribution is -2.46. The van der Waals surface area contributed by atoms with Crippen LogP contribution in [0, 0.1) is 0 Å². The van der Waals surface area contributed by atoms with Crippen LogP contribution in [-0.2, 0) is 14.9 Å². The summed E-state index contributed by atoms with van der Waals surface area (Å²) in [6.45, 7) is 4.33. The third kappa shape index (κ3) is 27.4. The minimum absolute atomic E-state index is 0.265. The molecule has 0 heterocycles. The number of hydrogen-bond acceptors (Lipinski definition) is 4. The number of unbranched alkanes of at least 4 members (excludes halogenated alkanes) is 9. The highest BCUT2D eigenvalue weighted by atomic mass is 32.2. The fraction of sp³-hybridized carbons (Fsp3) is 0.656. The molecule has 2 unspecified atom stereocenters. The molecule has 0 saturated carbocycles. The second kappa shape index (κ2) is 26.3. The predicted octanol–water partition coefficient (Wildman–Crippen LogP) is 7.78. The summed E-state index contributed by atoms with van der Waals surface area (Å²) in [7, 11) is -4.35. The highest BCUT2D eigenvalue weighted by Crippen LogP contribution is 2.09. The van der Waals surface area contributed by atoms with E-state index < -0.39 is 28.0 Å². The maximum Gasteiger partial charge on any atom is 0.267 e. The standard InChI is InChI=1S/C32H55NO5S/c1-3-5-7-9-11-13-15-16-18-20-22-24-26-28-32(35)33-30(29-39(36,37)38)31(34)27-25-23-21-19-17-14-12-10-8-6-4-2/h7-10,13,15,17,19,25,27,30-31,34H,3-6,11-12,14,16,18,20-24,26,28-29H2,1-2H3,(H,33,35)(H,36,37,38)/b9-7-,10-8+,15-13-,19-17+,27-25+. The normalized spacial score (nSPS) is 14.5. The molecule has 0 aromatic carbocycles. The number of carbonyl (C=O) groups is 1. The van der Waals surface area contributed by atoms with Crippen LogP contribution in [0.2, 0.25) is 0 Å². The number of carbonyl (C=O) groups excluding carboxylic acids is 1. The monoisotopic (exact) mass is 565 g/mol. The molecular formula is C32H55NO5S. The van der Waals surface area contributed by atoms with E-state index in [0.29, 0.717) is 12.8 Å². The second-order valence-electron chi connectivity index (χ2n) is 10.0. The third-order valence-electron chi connectivity index (χ3n) is 6.11. The van der Waals surface area contributed by atoms with Gasteiger partial charge in [-0.3, -0.25) is 9.35 Å². The molecule has 0 bridgehead atoms. The lowest BCUT2D eigenvalue weighted by Gasteiger charge is -2.21. The van der Waals surface area contributed by atoms with Crippen LogP contribution in [0.1, 0.15) is 117 Å². The minimum atomic E-state index is -4.35. The number of aliphatic hydroxyl groups is 1. The largest absolute Gasteiger partial charge is 0.387 e. The summed E-state index contributed by atoms with van der Waals surface area (Å²) in [4.78, 5) is 12.4. The molecule has 6 nitrogen and oxygen atoms in total. The molecule has 0 aromatic rings. The molecule has 0 aliphatic rings. The van der Waals surface area contributed by atoms with Crippen LogP contribution >= 0.6 is 0 Å². The summed E-state index contributed by atoms with van der Waals surface area (Å²) in [5.41, 5.74) is 0. The summed E-state index contributed by atoms with van der Waals surface area (Å²) in [5, 5.41) is 13.0. The number of allylic oxidation sites excluding steroid dienone is 9. The van der Waals surface area contributed by atoms with Gasteiger partial charge in [-0.25, -0.2) is 0 Å². The van der Waals surface area contributed by atoms with E-state index in [9.17, 15) is 22.9 Å². The maximum atomic E-state index is 12.4. The second-order valence-corrected chi connectivity index (χ2v) is 11.5. The van der Waals surface area contributed by atoms with Crippen LogP contribution in [0.15, 0.2) is 60.8 Å². The number of hydrogen-bond donors (Lipinski definition) is 3. The Morgan fingerprint density at radius 3 is 1.77 bits per heavy atom. The molecule has 0 spiro atoms. The lowest BCUT2D eigenvalue weighted by atomic mass is 10.1. The number of rotatable bonds is 25. The molecule has 2 atom stereocenters. The zero-order valence-electron chi connectivity index (χ0n) is 24.5. The molecule has 0 saturated heterocycles. The first-order chi connectivity index (χ1) is 18.8. The highest BCUT2D eigenvalue weighted by Gasteiger charge is 2.24. The van der Waals surface area contributed by atoms with Crippen molar-refractivity contribution in [1.82, 2.24) is 5.32 Å². The molecule has 1 amide bonds. The van der Waals surface area contributed by atoms with Crippen LogP contribution in [0.25, 0.3) is 0 Å². The van der Waals surface area contributed by atoms with E-state index in [1.165, 1.54) is 12.5 Å². The Hall–Kier alpha value is -1.96. The van der Waals surface area contributed by atoms with Crippen LogP contribution < -0.4 is 5.32 Å². The van der Waals surface area contributed by atoms with Crippen molar-refractivity contribution in [3.05, 3.63) is 60.8 Å². The molecule has 0 aliphatic heterocycles. The van der Waals surface area contributed by atoms with Gasteiger partial charge in [0, 0.05) is 6.42 Å². The van der Waals surface area contributed by atoms with Gasteiger partial charge in [-0.2, -0.15) is 8.42 Å². The fourth-order valence-corrected chi connectivity index (χ4v) is 4.61. The summed E-state index contributed by atoms with van der Waals surface area (Å²) in [6, 6.07) is -1.09. The zero-order chi connectivity index (χ0) is 29.0. The predicted molar refractivity (Wildman–Crippen MR) is 165 cm³/mol. The van der Waals surface area contributed by atoms with E-state index in [1.54, 1.807) is 6.08 Å². The van der Waals surface area contributed by atoms with Gasteiger partial charge in [0.25, 0.3) is 10.1 Å². The SMILES string of the molecule is CCC/C=C\C/C=C\CCCCCCCC(=O)NC(CS(=O)(=O)O)C(O)/C=C/CC/C=C/CC/C=C/CCC. The molecular weight excluding hydrogens is 510 g/mol. The summed E-state index contributed by atoms with van der Waals surface area (Å²) in [5.74, 6) is -1.04. The van der Waals surface area contributed by atoms with Crippen LogP contribution in [0.4, 0.5) is 0 Å². The lowest BCUT2D eigenvalue weighted by molar-refractivity contribution is -0.122. The van der Waals surface area contributed by atoms with Crippen molar-refractivity contribution >= 4 is 16.0 Å². The van der Waals surface area contributed by atoms with Gasteiger partial charge in [-0.15, -0.1) is 0 Å². The first-order valence-electron chi connectivity index (χ1n) is 15.0. The van der Waals surface area contributed by atoms with Gasteiger partial charge in [0.15, 0.2) is 0 Å². The molecule has 0 fully saturated rings. The van der Waals surface area contributed by atoms with Crippen molar-refractivity contribution in [3.8, 4) is 0 Å². The molecule has 0 rings (SSSR count). The topological polar surface area (TPSA) is 104 Å². The first-order valence-corrected chi connectivity index (χ1v) is 16.6. The van der Waals surface area contributed by atoms with Gasteiger partial charge in [0.05, 0.1) is 17.9 Å². The van der Waals surface area contributed by atoms with Gasteiger partial charge < -0.3 is 10.4 Å².